The average molecular weight is 270 g/mol. The van der Waals surface area contributed by atoms with E-state index in [1.807, 2.05) is 24.3 Å². The Kier molecular flexibility index (Phi) is 3.30. The van der Waals surface area contributed by atoms with Gasteiger partial charge in [0.2, 0.25) is 5.91 Å². The van der Waals surface area contributed by atoms with E-state index in [-0.39, 0.29) is 17.9 Å². The Morgan fingerprint density at radius 3 is 2.60 bits per heavy atom. The number of carbonyl (C=O) groups excluding carboxylic acids is 2. The van der Waals surface area contributed by atoms with Crippen molar-refractivity contribution in [2.24, 2.45) is 0 Å². The van der Waals surface area contributed by atoms with Crippen molar-refractivity contribution in [2.45, 2.75) is 38.6 Å². The van der Waals surface area contributed by atoms with E-state index < -0.39 is 0 Å². The van der Waals surface area contributed by atoms with E-state index in [9.17, 15) is 9.59 Å². The number of para-hydroxylation sites is 1. The van der Waals surface area contributed by atoms with Gasteiger partial charge in [0, 0.05) is 24.5 Å². The quantitative estimate of drug-likeness (QED) is 0.912. The summed E-state index contributed by atoms with van der Waals surface area (Å²) in [7, 11) is 0. The molecule has 4 nitrogen and oxygen atoms in total. The molecule has 1 aromatic heterocycles. The smallest absolute Gasteiger partial charge is 0.253 e. The van der Waals surface area contributed by atoms with Gasteiger partial charge in [0.05, 0.1) is 11.1 Å². The van der Waals surface area contributed by atoms with Crippen molar-refractivity contribution in [1.29, 1.82) is 0 Å². The summed E-state index contributed by atoms with van der Waals surface area (Å²) in [6, 6.07) is 7.79. The number of nitrogens with one attached hydrogen (secondary N) is 1. The highest BCUT2D eigenvalue weighted by Gasteiger charge is 2.21. The van der Waals surface area contributed by atoms with Crippen LogP contribution in [0.25, 0.3) is 10.9 Å². The first kappa shape index (κ1) is 12.9. The van der Waals surface area contributed by atoms with Gasteiger partial charge < -0.3 is 5.32 Å². The van der Waals surface area contributed by atoms with Crippen molar-refractivity contribution in [1.82, 2.24) is 9.88 Å². The molecule has 0 aliphatic heterocycles. The second-order valence-corrected chi connectivity index (χ2v) is 5.40. The van der Waals surface area contributed by atoms with Crippen LogP contribution in [-0.4, -0.2) is 22.4 Å². The van der Waals surface area contributed by atoms with Gasteiger partial charge in [0.25, 0.3) is 5.91 Å². The molecule has 1 saturated carbocycles. The Bertz CT molecular complexity index is 666. The third-order valence-corrected chi connectivity index (χ3v) is 3.99. The van der Waals surface area contributed by atoms with Crippen LogP contribution in [-0.2, 0) is 0 Å². The zero-order chi connectivity index (χ0) is 14.1. The van der Waals surface area contributed by atoms with Gasteiger partial charge in [-0.25, -0.2) is 0 Å². The van der Waals surface area contributed by atoms with E-state index >= 15 is 0 Å². The molecule has 1 aliphatic carbocycles. The fourth-order valence-corrected chi connectivity index (χ4v) is 2.95. The lowest BCUT2D eigenvalue weighted by molar-refractivity contribution is 0.0939. The Morgan fingerprint density at radius 2 is 1.90 bits per heavy atom. The molecule has 1 heterocycles. The third-order valence-electron chi connectivity index (χ3n) is 3.99. The SMILES string of the molecule is CC(=O)n1cc(C(=O)NC2CCCC2)c2ccccc21. The fourth-order valence-electron chi connectivity index (χ4n) is 2.95. The van der Waals surface area contributed by atoms with Crippen LogP contribution in [0.1, 0.15) is 47.8 Å². The van der Waals surface area contributed by atoms with Crippen molar-refractivity contribution in [3.05, 3.63) is 36.0 Å². The van der Waals surface area contributed by atoms with Crippen LogP contribution in [0.4, 0.5) is 0 Å². The molecule has 0 unspecified atom stereocenters. The van der Waals surface area contributed by atoms with Crippen molar-refractivity contribution in [3.8, 4) is 0 Å². The van der Waals surface area contributed by atoms with Crippen LogP contribution < -0.4 is 5.32 Å². The minimum absolute atomic E-state index is 0.0758. The van der Waals surface area contributed by atoms with Crippen molar-refractivity contribution >= 4 is 22.7 Å². The lowest BCUT2D eigenvalue weighted by Gasteiger charge is -2.11. The third kappa shape index (κ3) is 2.22. The van der Waals surface area contributed by atoms with Crippen molar-refractivity contribution in [3.63, 3.8) is 0 Å². The lowest BCUT2D eigenvalue weighted by atomic mass is 10.1. The summed E-state index contributed by atoms with van der Waals surface area (Å²) in [5.74, 6) is -0.158. The minimum Gasteiger partial charge on any atom is -0.349 e. The molecule has 1 fully saturated rings. The zero-order valence-electron chi connectivity index (χ0n) is 11.6. The maximum atomic E-state index is 12.4. The van der Waals surface area contributed by atoms with Gasteiger partial charge >= 0.3 is 0 Å². The molecule has 0 bridgehead atoms. The molecule has 1 aromatic carbocycles. The van der Waals surface area contributed by atoms with E-state index in [1.165, 1.54) is 19.8 Å². The molecule has 0 radical (unpaired) electrons. The van der Waals surface area contributed by atoms with Crippen molar-refractivity contribution in [2.75, 3.05) is 0 Å². The number of benzene rings is 1. The monoisotopic (exact) mass is 270 g/mol. The number of hydrogen-bond donors (Lipinski definition) is 1. The van der Waals surface area contributed by atoms with Crippen molar-refractivity contribution < 1.29 is 9.59 Å². The maximum absolute atomic E-state index is 12.4. The van der Waals surface area contributed by atoms with Crippen LogP contribution in [0.3, 0.4) is 0 Å². The molecule has 2 aromatic rings. The Balaban J connectivity index is 1.98. The summed E-state index contributed by atoms with van der Waals surface area (Å²) in [4.78, 5) is 24.1. The first-order chi connectivity index (χ1) is 9.66. The van der Waals surface area contributed by atoms with Crippen LogP contribution in [0.15, 0.2) is 30.5 Å². The normalized spacial score (nSPS) is 15.7. The lowest BCUT2D eigenvalue weighted by Crippen LogP contribution is -2.32. The van der Waals surface area contributed by atoms with E-state index in [0.717, 1.165) is 23.7 Å². The highest BCUT2D eigenvalue weighted by atomic mass is 16.2. The topological polar surface area (TPSA) is 51.1 Å². The second kappa shape index (κ2) is 5.12. The summed E-state index contributed by atoms with van der Waals surface area (Å²) in [5, 5.41) is 3.91. The standard InChI is InChI=1S/C16H18N2O2/c1-11(19)18-10-14(13-8-4-5-9-15(13)18)16(20)17-12-6-2-3-7-12/h4-5,8-10,12H,2-3,6-7H2,1H3,(H,17,20). The van der Waals surface area contributed by atoms with Gasteiger partial charge in [-0.3, -0.25) is 14.2 Å². The molecule has 0 saturated heterocycles. The molecule has 1 amide bonds. The highest BCUT2D eigenvalue weighted by molar-refractivity contribution is 6.09. The predicted octanol–water partition coefficient (Wildman–Crippen LogP) is 2.97. The zero-order valence-corrected chi connectivity index (χ0v) is 11.6. The maximum Gasteiger partial charge on any atom is 0.253 e. The van der Waals surface area contributed by atoms with Gasteiger partial charge in [0.1, 0.15) is 0 Å². The number of carbonyl (C=O) groups is 2. The van der Waals surface area contributed by atoms with E-state index in [1.54, 1.807) is 10.8 Å². The van der Waals surface area contributed by atoms with E-state index in [0.29, 0.717) is 5.56 Å². The van der Waals surface area contributed by atoms with Crippen LogP contribution in [0.2, 0.25) is 0 Å². The Labute approximate surface area is 117 Å². The molecule has 1 aliphatic rings. The fraction of sp³-hybridized carbons (Fsp3) is 0.375. The van der Waals surface area contributed by atoms with Crippen LogP contribution >= 0.6 is 0 Å². The molecule has 0 spiro atoms. The van der Waals surface area contributed by atoms with Gasteiger partial charge in [-0.05, 0) is 18.9 Å². The van der Waals surface area contributed by atoms with Gasteiger partial charge in [-0.1, -0.05) is 31.0 Å². The van der Waals surface area contributed by atoms with Crippen LogP contribution in [0.5, 0.6) is 0 Å². The summed E-state index contributed by atoms with van der Waals surface area (Å²) in [6.45, 7) is 1.51. The molecule has 104 valence electrons. The van der Waals surface area contributed by atoms with Gasteiger partial charge in [-0.15, -0.1) is 0 Å². The largest absolute Gasteiger partial charge is 0.349 e. The van der Waals surface area contributed by atoms with E-state index in [4.69, 9.17) is 0 Å². The molecule has 3 rings (SSSR count). The number of hydrogen-bond acceptors (Lipinski definition) is 2. The molecule has 0 atom stereocenters. The molecular weight excluding hydrogens is 252 g/mol. The Morgan fingerprint density at radius 1 is 1.20 bits per heavy atom. The number of amides is 1. The summed E-state index contributed by atoms with van der Waals surface area (Å²) in [5.41, 5.74) is 1.37. The first-order valence-electron chi connectivity index (χ1n) is 7.08. The number of nitrogens with zero attached hydrogens (tertiary/aromatic N) is 1. The molecule has 1 N–H and O–H groups in total. The number of aromatic nitrogens is 1. The first-order valence-corrected chi connectivity index (χ1v) is 7.08. The highest BCUT2D eigenvalue weighted by Crippen LogP contribution is 2.23. The Hall–Kier alpha value is -2.10. The van der Waals surface area contributed by atoms with Gasteiger partial charge in [0.15, 0.2) is 0 Å². The molecule has 4 heteroatoms. The molecule has 20 heavy (non-hydrogen) atoms. The predicted molar refractivity (Wildman–Crippen MR) is 78.0 cm³/mol. The summed E-state index contributed by atoms with van der Waals surface area (Å²) >= 11 is 0. The van der Waals surface area contributed by atoms with E-state index in [2.05, 4.69) is 5.32 Å². The number of fused-ring (bicyclic) bond motifs is 1. The second-order valence-electron chi connectivity index (χ2n) is 5.40. The average Bonchev–Trinajstić information content (AvgIpc) is 3.05. The number of rotatable bonds is 2. The summed E-state index contributed by atoms with van der Waals surface area (Å²) < 4.78 is 1.54. The van der Waals surface area contributed by atoms with Crippen LogP contribution in [0, 0.1) is 0 Å². The minimum atomic E-state index is -0.0823. The summed E-state index contributed by atoms with van der Waals surface area (Å²) in [6.07, 6.45) is 6.12. The van der Waals surface area contributed by atoms with Gasteiger partial charge in [-0.2, -0.15) is 0 Å². The molecular formula is C16H18N2O2.